The van der Waals surface area contributed by atoms with E-state index in [0.717, 1.165) is 11.1 Å². The van der Waals surface area contributed by atoms with Gasteiger partial charge in [-0.2, -0.15) is 8.78 Å². The number of aliphatic hydroxyl groups is 1. The zero-order valence-corrected chi connectivity index (χ0v) is 12.6. The first kappa shape index (κ1) is 16.2. The van der Waals surface area contributed by atoms with Crippen LogP contribution in [0.3, 0.4) is 0 Å². The molecule has 7 heteroatoms. The summed E-state index contributed by atoms with van der Waals surface area (Å²) >= 11 is 0. The minimum Gasteiger partial charge on any atom is -0.435 e. The lowest BCUT2D eigenvalue weighted by molar-refractivity contribution is -0.0498. The third-order valence-corrected chi connectivity index (χ3v) is 3.81. The molecule has 0 aromatic heterocycles. The van der Waals surface area contributed by atoms with Crippen molar-refractivity contribution >= 4 is 11.7 Å². The Bertz CT molecular complexity index is 739. The molecule has 2 aromatic rings. The summed E-state index contributed by atoms with van der Waals surface area (Å²) in [5.74, 6) is -0.0472. The smallest absolute Gasteiger partial charge is 0.387 e. The molecule has 0 aliphatic heterocycles. The van der Waals surface area contributed by atoms with Crippen LogP contribution in [-0.2, 0) is 6.42 Å². The van der Waals surface area contributed by atoms with Gasteiger partial charge >= 0.3 is 12.6 Å². The van der Waals surface area contributed by atoms with Gasteiger partial charge in [-0.25, -0.2) is 4.79 Å². The number of alkyl halides is 2. The lowest BCUT2D eigenvalue weighted by atomic mass is 10.1. The zero-order valence-electron chi connectivity index (χ0n) is 12.6. The Morgan fingerprint density at radius 3 is 2.79 bits per heavy atom. The highest BCUT2D eigenvalue weighted by molar-refractivity contribution is 5.89. The van der Waals surface area contributed by atoms with Gasteiger partial charge in [-0.05, 0) is 23.3 Å². The van der Waals surface area contributed by atoms with Gasteiger partial charge in [0.05, 0.1) is 12.1 Å². The van der Waals surface area contributed by atoms with Crippen molar-refractivity contribution in [3.05, 3.63) is 59.7 Å². The standard InChI is InChI=1S/C17H16F2N2O3/c18-16(19)24-12-6-3-5-11(9-12)20-17(23)21-15-13-7-2-1-4-10(13)8-14(15)22/h1-7,9,14-16,22H,8H2,(H2,20,21,23)/t14-,15+/m0/s1. The highest BCUT2D eigenvalue weighted by atomic mass is 19.3. The highest BCUT2D eigenvalue weighted by Crippen LogP contribution is 2.31. The van der Waals surface area contributed by atoms with Crippen LogP contribution in [0.2, 0.25) is 0 Å². The van der Waals surface area contributed by atoms with Crippen LogP contribution < -0.4 is 15.4 Å². The molecule has 1 aliphatic rings. The van der Waals surface area contributed by atoms with Gasteiger partial charge in [0, 0.05) is 18.2 Å². The first-order valence-corrected chi connectivity index (χ1v) is 7.41. The average molecular weight is 334 g/mol. The van der Waals surface area contributed by atoms with Crippen LogP contribution in [0, 0.1) is 0 Å². The van der Waals surface area contributed by atoms with Crippen LogP contribution in [0.5, 0.6) is 5.75 Å². The van der Waals surface area contributed by atoms with E-state index in [-0.39, 0.29) is 5.75 Å². The second-order valence-electron chi connectivity index (χ2n) is 5.45. The average Bonchev–Trinajstić information content (AvgIpc) is 2.83. The molecule has 0 spiro atoms. The third kappa shape index (κ3) is 3.62. The number of ether oxygens (including phenoxy) is 1. The second-order valence-corrected chi connectivity index (χ2v) is 5.45. The van der Waals surface area contributed by atoms with E-state index in [1.807, 2.05) is 24.3 Å². The van der Waals surface area contributed by atoms with Gasteiger partial charge in [-0.1, -0.05) is 30.3 Å². The molecular formula is C17H16F2N2O3. The van der Waals surface area contributed by atoms with Crippen molar-refractivity contribution in [2.45, 2.75) is 25.2 Å². The van der Waals surface area contributed by atoms with Crippen LogP contribution >= 0.6 is 0 Å². The summed E-state index contributed by atoms with van der Waals surface area (Å²) in [6.07, 6.45) is -0.236. The molecule has 0 saturated heterocycles. The van der Waals surface area contributed by atoms with Crippen LogP contribution in [0.25, 0.3) is 0 Å². The van der Waals surface area contributed by atoms with Gasteiger partial charge in [0.1, 0.15) is 5.75 Å². The van der Waals surface area contributed by atoms with Crippen LogP contribution in [-0.4, -0.2) is 23.9 Å². The molecule has 2 amide bonds. The topological polar surface area (TPSA) is 70.6 Å². The second kappa shape index (κ2) is 6.84. The Hall–Kier alpha value is -2.67. The molecule has 0 heterocycles. The lowest BCUT2D eigenvalue weighted by Gasteiger charge is -2.18. The summed E-state index contributed by atoms with van der Waals surface area (Å²) in [7, 11) is 0. The molecule has 0 saturated carbocycles. The number of nitrogens with one attached hydrogen (secondary N) is 2. The molecule has 0 radical (unpaired) electrons. The van der Waals surface area contributed by atoms with E-state index in [1.54, 1.807) is 6.07 Å². The quantitative estimate of drug-likeness (QED) is 0.805. The molecule has 5 nitrogen and oxygen atoms in total. The van der Waals surface area contributed by atoms with Crippen molar-refractivity contribution in [1.82, 2.24) is 5.32 Å². The molecule has 2 aromatic carbocycles. The molecule has 3 rings (SSSR count). The maximum Gasteiger partial charge on any atom is 0.387 e. The molecular weight excluding hydrogens is 318 g/mol. The largest absolute Gasteiger partial charge is 0.435 e. The number of fused-ring (bicyclic) bond motifs is 1. The first-order valence-electron chi connectivity index (χ1n) is 7.41. The fourth-order valence-electron chi connectivity index (χ4n) is 2.81. The van der Waals surface area contributed by atoms with Gasteiger partial charge in [0.2, 0.25) is 0 Å². The third-order valence-electron chi connectivity index (χ3n) is 3.81. The number of benzene rings is 2. The normalized spacial score (nSPS) is 19.0. The SMILES string of the molecule is O=C(Nc1cccc(OC(F)F)c1)N[C@@H]1c2ccccc2C[C@@H]1O. The van der Waals surface area contributed by atoms with E-state index in [9.17, 15) is 18.7 Å². The van der Waals surface area contributed by atoms with Crippen molar-refractivity contribution in [2.75, 3.05) is 5.32 Å². The summed E-state index contributed by atoms with van der Waals surface area (Å²) in [5.41, 5.74) is 2.17. The predicted molar refractivity (Wildman–Crippen MR) is 84.1 cm³/mol. The van der Waals surface area contributed by atoms with Gasteiger partial charge in [-0.3, -0.25) is 0 Å². The van der Waals surface area contributed by atoms with E-state index >= 15 is 0 Å². The fourth-order valence-corrected chi connectivity index (χ4v) is 2.81. The number of hydrogen-bond donors (Lipinski definition) is 3. The number of amides is 2. The maximum absolute atomic E-state index is 12.2. The summed E-state index contributed by atoms with van der Waals surface area (Å²) in [6.45, 7) is -2.93. The van der Waals surface area contributed by atoms with Gasteiger partial charge in [0.25, 0.3) is 0 Å². The number of carbonyl (C=O) groups is 1. The van der Waals surface area contributed by atoms with Crippen LogP contribution in [0.15, 0.2) is 48.5 Å². The van der Waals surface area contributed by atoms with Crippen molar-refractivity contribution < 1.29 is 23.4 Å². The Balaban J connectivity index is 1.66. The summed E-state index contributed by atoms with van der Waals surface area (Å²) in [5, 5.41) is 15.4. The van der Waals surface area contributed by atoms with E-state index in [4.69, 9.17) is 0 Å². The van der Waals surface area contributed by atoms with E-state index in [0.29, 0.717) is 12.1 Å². The van der Waals surface area contributed by atoms with E-state index < -0.39 is 24.8 Å². The molecule has 0 unspecified atom stereocenters. The number of anilines is 1. The van der Waals surface area contributed by atoms with E-state index in [2.05, 4.69) is 15.4 Å². The number of urea groups is 1. The molecule has 24 heavy (non-hydrogen) atoms. The molecule has 1 aliphatic carbocycles. The monoisotopic (exact) mass is 334 g/mol. The number of rotatable bonds is 4. The van der Waals surface area contributed by atoms with Gasteiger partial charge < -0.3 is 20.5 Å². The Morgan fingerprint density at radius 1 is 1.21 bits per heavy atom. The minimum absolute atomic E-state index is 0.0472. The van der Waals surface area contributed by atoms with Crippen molar-refractivity contribution in [2.24, 2.45) is 0 Å². The van der Waals surface area contributed by atoms with Crippen LogP contribution in [0.1, 0.15) is 17.2 Å². The number of halogens is 2. The van der Waals surface area contributed by atoms with Gasteiger partial charge in [-0.15, -0.1) is 0 Å². The molecule has 3 N–H and O–H groups in total. The maximum atomic E-state index is 12.2. The molecule has 2 atom stereocenters. The summed E-state index contributed by atoms with van der Waals surface area (Å²) in [6, 6.07) is 12.1. The Kier molecular flexibility index (Phi) is 4.61. The molecule has 0 bridgehead atoms. The Morgan fingerprint density at radius 2 is 2.00 bits per heavy atom. The fraction of sp³-hybridized carbons (Fsp3) is 0.235. The van der Waals surface area contributed by atoms with Crippen molar-refractivity contribution in [3.63, 3.8) is 0 Å². The molecule has 0 fully saturated rings. The first-order chi connectivity index (χ1) is 11.5. The predicted octanol–water partition coefficient (Wildman–Crippen LogP) is 3.07. The highest BCUT2D eigenvalue weighted by Gasteiger charge is 2.31. The Labute approximate surface area is 137 Å². The zero-order chi connectivity index (χ0) is 17.1. The molecule has 126 valence electrons. The lowest BCUT2D eigenvalue weighted by Crippen LogP contribution is -2.36. The number of carbonyl (C=O) groups excluding carboxylic acids is 1. The van der Waals surface area contributed by atoms with E-state index in [1.165, 1.54) is 18.2 Å². The summed E-state index contributed by atoms with van der Waals surface area (Å²) < 4.78 is 28.7. The van der Waals surface area contributed by atoms with Crippen molar-refractivity contribution in [3.8, 4) is 5.75 Å². The number of hydrogen-bond acceptors (Lipinski definition) is 3. The number of aliphatic hydroxyl groups excluding tert-OH is 1. The summed E-state index contributed by atoms with van der Waals surface area (Å²) in [4.78, 5) is 12.1. The van der Waals surface area contributed by atoms with Crippen molar-refractivity contribution in [1.29, 1.82) is 0 Å². The minimum atomic E-state index is -2.93. The van der Waals surface area contributed by atoms with Gasteiger partial charge in [0.15, 0.2) is 0 Å². The van der Waals surface area contributed by atoms with Crippen LogP contribution in [0.4, 0.5) is 19.3 Å².